The normalized spacial score (nSPS) is 10.1. The molecule has 2 aromatic rings. The average Bonchev–Trinajstić information content (AvgIpc) is 2.73. The zero-order valence-corrected chi connectivity index (χ0v) is 9.49. The molecule has 84 valence electrons. The summed E-state index contributed by atoms with van der Waals surface area (Å²) in [5.74, 6) is 0.893. The summed E-state index contributed by atoms with van der Waals surface area (Å²) in [6, 6.07) is 3.74. The van der Waals surface area contributed by atoms with Gasteiger partial charge >= 0.3 is 0 Å². The van der Waals surface area contributed by atoms with E-state index in [1.165, 1.54) is 11.5 Å². The first-order chi connectivity index (χ1) is 7.78. The van der Waals surface area contributed by atoms with Gasteiger partial charge in [-0.05, 0) is 5.56 Å². The number of nitrogen functional groups attached to an aromatic ring is 1. The Morgan fingerprint density at radius 2 is 2.38 bits per heavy atom. The van der Waals surface area contributed by atoms with Crippen molar-refractivity contribution in [2.75, 3.05) is 18.2 Å². The predicted octanol–water partition coefficient (Wildman–Crippen LogP) is 1.14. The van der Waals surface area contributed by atoms with Gasteiger partial charge in [0.15, 0.2) is 0 Å². The van der Waals surface area contributed by atoms with Crippen LogP contribution >= 0.6 is 11.5 Å². The van der Waals surface area contributed by atoms with Crippen LogP contribution in [0.3, 0.4) is 0 Å². The van der Waals surface area contributed by atoms with Gasteiger partial charge < -0.3 is 15.8 Å². The lowest BCUT2D eigenvalue weighted by Crippen LogP contribution is -2.00. The summed E-state index contributed by atoms with van der Waals surface area (Å²) < 4.78 is 8.83. The summed E-state index contributed by atoms with van der Waals surface area (Å²) in [5, 5.41) is 3.81. The van der Waals surface area contributed by atoms with Crippen molar-refractivity contribution in [3.63, 3.8) is 0 Å². The molecule has 2 aromatic heterocycles. The van der Waals surface area contributed by atoms with Gasteiger partial charge in [-0.15, -0.1) is 0 Å². The van der Waals surface area contributed by atoms with E-state index in [4.69, 9.17) is 10.5 Å². The fourth-order valence-electron chi connectivity index (χ4n) is 1.12. The predicted molar refractivity (Wildman–Crippen MR) is 62.4 cm³/mol. The first-order valence-corrected chi connectivity index (χ1v) is 5.37. The van der Waals surface area contributed by atoms with E-state index in [1.807, 2.05) is 12.1 Å². The van der Waals surface area contributed by atoms with E-state index in [9.17, 15) is 0 Å². The summed E-state index contributed by atoms with van der Waals surface area (Å²) >= 11 is 1.23. The minimum atomic E-state index is 0.292. The molecule has 0 saturated heterocycles. The highest BCUT2D eigenvalue weighted by molar-refractivity contribution is 7.09. The topological polar surface area (TPSA) is 86.0 Å². The van der Waals surface area contributed by atoms with Crippen LogP contribution in [0.4, 0.5) is 11.1 Å². The van der Waals surface area contributed by atoms with Gasteiger partial charge in [-0.25, -0.2) is 4.98 Å². The van der Waals surface area contributed by atoms with Crippen LogP contribution in [-0.2, 0) is 6.54 Å². The third kappa shape index (κ3) is 2.57. The summed E-state index contributed by atoms with van der Waals surface area (Å²) in [5.41, 5.74) is 6.44. The lowest BCUT2D eigenvalue weighted by atomic mass is 10.3. The smallest absolute Gasteiger partial charge is 0.233 e. The molecule has 3 N–H and O–H groups in total. The Morgan fingerprint density at radius 3 is 2.94 bits per heavy atom. The average molecular weight is 237 g/mol. The van der Waals surface area contributed by atoms with Crippen LogP contribution in [0.25, 0.3) is 0 Å². The van der Waals surface area contributed by atoms with Crippen molar-refractivity contribution in [1.29, 1.82) is 0 Å². The molecule has 0 fully saturated rings. The Kier molecular flexibility index (Phi) is 3.16. The van der Waals surface area contributed by atoms with Crippen molar-refractivity contribution >= 4 is 22.6 Å². The molecule has 2 rings (SSSR count). The van der Waals surface area contributed by atoms with Crippen molar-refractivity contribution in [3.05, 3.63) is 23.9 Å². The maximum Gasteiger partial charge on any atom is 0.233 e. The number of pyridine rings is 1. The molecule has 0 unspecified atom stereocenters. The monoisotopic (exact) mass is 237 g/mol. The minimum Gasteiger partial charge on any atom is -0.481 e. The highest BCUT2D eigenvalue weighted by Crippen LogP contribution is 2.13. The van der Waals surface area contributed by atoms with Gasteiger partial charge in [-0.1, -0.05) is 6.07 Å². The number of anilines is 2. The third-order valence-electron chi connectivity index (χ3n) is 1.89. The van der Waals surface area contributed by atoms with Gasteiger partial charge in [0.2, 0.25) is 17.0 Å². The number of rotatable bonds is 4. The maximum absolute atomic E-state index is 5.40. The van der Waals surface area contributed by atoms with E-state index >= 15 is 0 Å². The molecule has 0 aliphatic carbocycles. The molecule has 0 aromatic carbocycles. The van der Waals surface area contributed by atoms with Gasteiger partial charge in [0, 0.05) is 30.3 Å². The molecule has 0 spiro atoms. The zero-order chi connectivity index (χ0) is 11.4. The van der Waals surface area contributed by atoms with E-state index in [1.54, 1.807) is 13.3 Å². The molecule has 16 heavy (non-hydrogen) atoms. The maximum atomic E-state index is 5.40. The molecule has 0 aliphatic heterocycles. The van der Waals surface area contributed by atoms with Gasteiger partial charge in [0.1, 0.15) is 0 Å². The molecular formula is C9H11N5OS. The number of ether oxygens (including phenoxy) is 1. The lowest BCUT2D eigenvalue weighted by molar-refractivity contribution is 0.397. The Bertz CT molecular complexity index is 455. The molecule has 2 heterocycles. The second-order valence-corrected chi connectivity index (χ2v) is 3.77. The van der Waals surface area contributed by atoms with Gasteiger partial charge in [-0.3, -0.25) is 0 Å². The van der Waals surface area contributed by atoms with Crippen LogP contribution in [0.2, 0.25) is 0 Å². The Labute approximate surface area is 96.7 Å². The second-order valence-electron chi connectivity index (χ2n) is 3.02. The lowest BCUT2D eigenvalue weighted by Gasteiger charge is -2.02. The number of hydrogen-bond acceptors (Lipinski definition) is 7. The number of nitrogens with zero attached hydrogens (tertiary/aromatic N) is 3. The van der Waals surface area contributed by atoms with E-state index in [0.717, 1.165) is 5.56 Å². The molecule has 6 nitrogen and oxygen atoms in total. The van der Waals surface area contributed by atoms with Crippen LogP contribution in [0, 0.1) is 0 Å². The SMILES string of the molecule is COc1ccc(CNc2nc(N)ns2)cn1. The molecule has 7 heteroatoms. The third-order valence-corrected chi connectivity index (χ3v) is 2.58. The molecule has 0 amide bonds. The van der Waals surface area contributed by atoms with Crippen LogP contribution in [0.5, 0.6) is 5.88 Å². The highest BCUT2D eigenvalue weighted by Gasteiger charge is 2.00. The van der Waals surface area contributed by atoms with E-state index in [2.05, 4.69) is 19.7 Å². The van der Waals surface area contributed by atoms with E-state index in [-0.39, 0.29) is 0 Å². The van der Waals surface area contributed by atoms with Gasteiger partial charge in [0.05, 0.1) is 7.11 Å². The van der Waals surface area contributed by atoms with E-state index in [0.29, 0.717) is 23.5 Å². The highest BCUT2D eigenvalue weighted by atomic mass is 32.1. The Hall–Kier alpha value is -1.89. The molecule has 0 bridgehead atoms. The second kappa shape index (κ2) is 4.75. The number of methoxy groups -OCH3 is 1. The molecular weight excluding hydrogens is 226 g/mol. The number of nitrogens with two attached hydrogens (primary N) is 1. The fraction of sp³-hybridized carbons (Fsp3) is 0.222. The quantitative estimate of drug-likeness (QED) is 0.829. The summed E-state index contributed by atoms with van der Waals surface area (Å²) in [4.78, 5) is 8.08. The first-order valence-electron chi connectivity index (χ1n) is 4.60. The van der Waals surface area contributed by atoms with Crippen molar-refractivity contribution in [1.82, 2.24) is 14.3 Å². The summed E-state index contributed by atoms with van der Waals surface area (Å²) in [6.45, 7) is 0.631. The van der Waals surface area contributed by atoms with Crippen molar-refractivity contribution in [3.8, 4) is 5.88 Å². The van der Waals surface area contributed by atoms with Crippen molar-refractivity contribution in [2.45, 2.75) is 6.54 Å². The molecule has 0 radical (unpaired) electrons. The first kappa shape index (κ1) is 10.6. The number of hydrogen-bond donors (Lipinski definition) is 2. The van der Waals surface area contributed by atoms with Crippen LogP contribution in [0.15, 0.2) is 18.3 Å². The van der Waals surface area contributed by atoms with Crippen molar-refractivity contribution in [2.24, 2.45) is 0 Å². The summed E-state index contributed by atoms with van der Waals surface area (Å²) in [6.07, 6.45) is 1.75. The standard InChI is InChI=1S/C9H11N5OS/c1-15-7-3-2-6(4-11-7)5-12-9-13-8(10)14-16-9/h2-4H,5H2,1H3,(H3,10,12,13,14). The molecule has 0 atom stereocenters. The Morgan fingerprint density at radius 1 is 1.50 bits per heavy atom. The minimum absolute atomic E-state index is 0.292. The molecule has 0 aliphatic rings. The van der Waals surface area contributed by atoms with Gasteiger partial charge in [-0.2, -0.15) is 9.36 Å². The number of aromatic nitrogens is 3. The van der Waals surface area contributed by atoms with Crippen LogP contribution < -0.4 is 15.8 Å². The fourth-order valence-corrected chi connectivity index (χ4v) is 1.61. The van der Waals surface area contributed by atoms with E-state index < -0.39 is 0 Å². The molecule has 0 saturated carbocycles. The van der Waals surface area contributed by atoms with Crippen LogP contribution in [-0.4, -0.2) is 21.5 Å². The van der Waals surface area contributed by atoms with Crippen LogP contribution in [0.1, 0.15) is 5.56 Å². The summed E-state index contributed by atoms with van der Waals surface area (Å²) in [7, 11) is 1.59. The van der Waals surface area contributed by atoms with Gasteiger partial charge in [0.25, 0.3) is 0 Å². The number of nitrogens with one attached hydrogen (secondary N) is 1. The Balaban J connectivity index is 1.94. The van der Waals surface area contributed by atoms with Crippen molar-refractivity contribution < 1.29 is 4.74 Å². The zero-order valence-electron chi connectivity index (χ0n) is 8.67. The largest absolute Gasteiger partial charge is 0.481 e.